The molecule has 0 radical (unpaired) electrons. The molecule has 0 fully saturated rings. The van der Waals surface area contributed by atoms with Crippen LogP contribution in [0.1, 0.15) is 36.8 Å². The number of anilines is 1. The molecule has 0 unspecified atom stereocenters. The van der Waals surface area contributed by atoms with Crippen LogP contribution in [0.25, 0.3) is 0 Å². The number of aryl methyl sites for hydroxylation is 1. The normalized spacial score (nSPS) is 11.7. The van der Waals surface area contributed by atoms with Crippen LogP contribution < -0.4 is 15.4 Å². The maximum atomic E-state index is 12.5. The second-order valence-corrected chi connectivity index (χ2v) is 9.07. The van der Waals surface area contributed by atoms with Crippen molar-refractivity contribution < 1.29 is 14.3 Å². The van der Waals surface area contributed by atoms with Crippen LogP contribution in [-0.4, -0.2) is 39.4 Å². The molecule has 34 heavy (non-hydrogen) atoms. The molecule has 2 N–H and O–H groups in total. The van der Waals surface area contributed by atoms with Gasteiger partial charge in [-0.3, -0.25) is 9.59 Å². The first kappa shape index (κ1) is 25.6. The molecular formula is C24H28ClN5O3S. The van der Waals surface area contributed by atoms with Gasteiger partial charge in [-0.1, -0.05) is 35.5 Å². The lowest BCUT2D eigenvalue weighted by Gasteiger charge is -2.15. The van der Waals surface area contributed by atoms with Gasteiger partial charge in [-0.05, 0) is 62.2 Å². The molecule has 0 aliphatic carbocycles. The number of carbonyl (C=O) groups is 2. The standard InChI is InChI=1S/C24H28ClN5O3S/c1-5-30-23(16(3)26-21(31)13-17-6-9-19(33-4)10-7-17)28-29-24(30)34-14-22(32)27-20-11-8-18(25)12-15(20)2/h6-12,16H,5,13-14H2,1-4H3,(H,26,31)(H,27,32)/t16-/m1/s1. The first-order chi connectivity index (χ1) is 16.3. The highest BCUT2D eigenvalue weighted by Gasteiger charge is 2.20. The summed E-state index contributed by atoms with van der Waals surface area (Å²) in [7, 11) is 1.60. The lowest BCUT2D eigenvalue weighted by molar-refractivity contribution is -0.121. The zero-order valence-corrected chi connectivity index (χ0v) is 21.2. The van der Waals surface area contributed by atoms with Crippen molar-refractivity contribution in [2.24, 2.45) is 0 Å². The van der Waals surface area contributed by atoms with Crippen molar-refractivity contribution in [3.05, 3.63) is 64.4 Å². The van der Waals surface area contributed by atoms with Crippen LogP contribution in [0.2, 0.25) is 5.02 Å². The Labute approximate surface area is 208 Å². The van der Waals surface area contributed by atoms with Gasteiger partial charge in [0.1, 0.15) is 5.75 Å². The summed E-state index contributed by atoms with van der Waals surface area (Å²) in [5.41, 5.74) is 2.51. The number of benzene rings is 2. The molecule has 0 aliphatic rings. The minimum Gasteiger partial charge on any atom is -0.497 e. The highest BCUT2D eigenvalue weighted by atomic mass is 35.5. The van der Waals surface area contributed by atoms with Crippen LogP contribution in [0.4, 0.5) is 5.69 Å². The Kier molecular flexibility index (Phi) is 8.95. The molecule has 8 nitrogen and oxygen atoms in total. The summed E-state index contributed by atoms with van der Waals surface area (Å²) in [5.74, 6) is 1.30. The lowest BCUT2D eigenvalue weighted by atomic mass is 10.1. The predicted molar refractivity (Wildman–Crippen MR) is 134 cm³/mol. The average molecular weight is 502 g/mol. The Hall–Kier alpha value is -3.04. The van der Waals surface area contributed by atoms with Gasteiger partial charge in [-0.2, -0.15) is 0 Å². The fraction of sp³-hybridized carbons (Fsp3) is 0.333. The van der Waals surface area contributed by atoms with Gasteiger partial charge >= 0.3 is 0 Å². The highest BCUT2D eigenvalue weighted by molar-refractivity contribution is 7.99. The third-order valence-electron chi connectivity index (χ3n) is 5.15. The molecule has 0 bridgehead atoms. The van der Waals surface area contributed by atoms with E-state index in [9.17, 15) is 9.59 Å². The third kappa shape index (κ3) is 6.74. The topological polar surface area (TPSA) is 98.1 Å². The summed E-state index contributed by atoms with van der Waals surface area (Å²) in [6.07, 6.45) is 0.250. The summed E-state index contributed by atoms with van der Waals surface area (Å²) in [6.45, 7) is 6.34. The van der Waals surface area contributed by atoms with Gasteiger partial charge in [-0.25, -0.2) is 0 Å². The average Bonchev–Trinajstić information content (AvgIpc) is 3.23. The number of hydrogen-bond acceptors (Lipinski definition) is 6. The Morgan fingerprint density at radius 3 is 2.53 bits per heavy atom. The molecule has 0 spiro atoms. The van der Waals surface area contributed by atoms with E-state index in [1.807, 2.05) is 49.6 Å². The van der Waals surface area contributed by atoms with Crippen molar-refractivity contribution >= 4 is 40.9 Å². The molecule has 3 rings (SSSR count). The molecule has 2 aromatic carbocycles. The van der Waals surface area contributed by atoms with E-state index in [2.05, 4.69) is 20.8 Å². The number of ether oxygens (including phenoxy) is 1. The zero-order valence-electron chi connectivity index (χ0n) is 19.6. The van der Waals surface area contributed by atoms with E-state index in [0.29, 0.717) is 22.5 Å². The maximum Gasteiger partial charge on any atom is 0.234 e. The van der Waals surface area contributed by atoms with E-state index in [1.165, 1.54) is 11.8 Å². The van der Waals surface area contributed by atoms with Crippen LogP contribution in [0.3, 0.4) is 0 Å². The molecular weight excluding hydrogens is 474 g/mol. The minimum atomic E-state index is -0.335. The van der Waals surface area contributed by atoms with Gasteiger partial charge in [0.15, 0.2) is 11.0 Å². The molecule has 1 atom stereocenters. The van der Waals surface area contributed by atoms with Crippen molar-refractivity contribution in [2.75, 3.05) is 18.2 Å². The van der Waals surface area contributed by atoms with Crippen LogP contribution in [0.15, 0.2) is 47.6 Å². The van der Waals surface area contributed by atoms with E-state index < -0.39 is 0 Å². The molecule has 1 heterocycles. The smallest absolute Gasteiger partial charge is 0.234 e. The fourth-order valence-electron chi connectivity index (χ4n) is 3.39. The van der Waals surface area contributed by atoms with Crippen LogP contribution in [-0.2, 0) is 22.6 Å². The SMILES string of the molecule is CCn1c(SCC(=O)Nc2ccc(Cl)cc2C)nnc1[C@@H](C)NC(=O)Cc1ccc(OC)cc1. The number of thioether (sulfide) groups is 1. The van der Waals surface area contributed by atoms with Crippen LogP contribution >= 0.6 is 23.4 Å². The molecule has 0 aliphatic heterocycles. The first-order valence-corrected chi connectivity index (χ1v) is 12.2. The van der Waals surface area contributed by atoms with Gasteiger partial charge in [0, 0.05) is 17.3 Å². The summed E-state index contributed by atoms with van der Waals surface area (Å²) < 4.78 is 7.05. The van der Waals surface area contributed by atoms with E-state index in [1.54, 1.807) is 25.3 Å². The molecule has 180 valence electrons. The maximum absolute atomic E-state index is 12.5. The van der Waals surface area contributed by atoms with Crippen molar-refractivity contribution in [2.45, 2.75) is 44.9 Å². The third-order valence-corrected chi connectivity index (χ3v) is 6.35. The summed E-state index contributed by atoms with van der Waals surface area (Å²) >= 11 is 7.27. The van der Waals surface area contributed by atoms with Crippen molar-refractivity contribution in [3.63, 3.8) is 0 Å². The van der Waals surface area contributed by atoms with Crippen molar-refractivity contribution in [1.82, 2.24) is 20.1 Å². The number of nitrogens with zero attached hydrogens (tertiary/aromatic N) is 3. The molecule has 1 aromatic heterocycles. The Balaban J connectivity index is 1.57. The number of hydrogen-bond donors (Lipinski definition) is 2. The molecule has 0 saturated heterocycles. The van der Waals surface area contributed by atoms with E-state index >= 15 is 0 Å². The largest absolute Gasteiger partial charge is 0.497 e. The summed E-state index contributed by atoms with van der Waals surface area (Å²) in [4.78, 5) is 25.0. The van der Waals surface area contributed by atoms with E-state index in [4.69, 9.17) is 16.3 Å². The second-order valence-electron chi connectivity index (χ2n) is 7.70. The monoisotopic (exact) mass is 501 g/mol. The fourth-order valence-corrected chi connectivity index (χ4v) is 4.43. The second kappa shape index (κ2) is 11.9. The number of amides is 2. The lowest BCUT2D eigenvalue weighted by Crippen LogP contribution is -2.30. The number of halogens is 1. The van der Waals surface area contributed by atoms with Gasteiger partial charge in [0.25, 0.3) is 0 Å². The number of aromatic nitrogens is 3. The summed E-state index contributed by atoms with van der Waals surface area (Å²) in [5, 5.41) is 15.6. The van der Waals surface area contributed by atoms with Crippen molar-refractivity contribution in [1.29, 1.82) is 0 Å². The first-order valence-electron chi connectivity index (χ1n) is 10.8. The summed E-state index contributed by atoms with van der Waals surface area (Å²) in [6, 6.07) is 12.4. The van der Waals surface area contributed by atoms with E-state index in [0.717, 1.165) is 22.6 Å². The van der Waals surface area contributed by atoms with Crippen LogP contribution in [0.5, 0.6) is 5.75 Å². The molecule has 10 heteroatoms. The zero-order chi connectivity index (χ0) is 24.7. The number of nitrogens with one attached hydrogen (secondary N) is 2. The quantitative estimate of drug-likeness (QED) is 0.399. The Bertz CT molecular complexity index is 1150. The van der Waals surface area contributed by atoms with Crippen LogP contribution in [0, 0.1) is 6.92 Å². The van der Waals surface area contributed by atoms with Gasteiger partial charge in [-0.15, -0.1) is 10.2 Å². The van der Waals surface area contributed by atoms with Gasteiger partial charge in [0.2, 0.25) is 11.8 Å². The Morgan fingerprint density at radius 2 is 1.88 bits per heavy atom. The predicted octanol–water partition coefficient (Wildman–Crippen LogP) is 4.42. The highest BCUT2D eigenvalue weighted by Crippen LogP contribution is 2.23. The Morgan fingerprint density at radius 1 is 1.15 bits per heavy atom. The molecule has 0 saturated carbocycles. The van der Waals surface area contributed by atoms with Gasteiger partial charge in [0.05, 0.1) is 25.3 Å². The minimum absolute atomic E-state index is 0.116. The number of carbonyl (C=O) groups excluding carboxylic acids is 2. The molecule has 3 aromatic rings. The number of methoxy groups -OCH3 is 1. The molecule has 2 amide bonds. The number of rotatable bonds is 10. The van der Waals surface area contributed by atoms with Gasteiger partial charge < -0.3 is 19.9 Å². The van der Waals surface area contributed by atoms with E-state index in [-0.39, 0.29) is 30.0 Å². The van der Waals surface area contributed by atoms with Crippen molar-refractivity contribution in [3.8, 4) is 5.75 Å².